The van der Waals surface area contributed by atoms with E-state index >= 15 is 0 Å². The van der Waals surface area contributed by atoms with E-state index in [0.29, 0.717) is 12.8 Å². The summed E-state index contributed by atoms with van der Waals surface area (Å²) in [6.07, 6.45) is 2.30. The molecule has 2 saturated carbocycles. The van der Waals surface area contributed by atoms with Crippen LogP contribution in [0.15, 0.2) is 27.9 Å². The monoisotopic (exact) mass is 510 g/mol. The van der Waals surface area contributed by atoms with Crippen LogP contribution < -0.4 is 0 Å². The minimum absolute atomic E-state index is 0.0969. The average molecular weight is 511 g/mol. The number of ketones is 1. The lowest BCUT2D eigenvalue weighted by Gasteiger charge is -2.60. The fourth-order valence-corrected chi connectivity index (χ4v) is 9.41. The molecule has 3 heterocycles. The van der Waals surface area contributed by atoms with Crippen LogP contribution in [-0.2, 0) is 28.6 Å². The Hall–Kier alpha value is -2.41. The van der Waals surface area contributed by atoms with Crippen LogP contribution in [0.25, 0.3) is 0 Å². The van der Waals surface area contributed by atoms with E-state index < -0.39 is 28.5 Å². The molecule has 5 aliphatic rings. The van der Waals surface area contributed by atoms with Gasteiger partial charge in [-0.3, -0.25) is 14.4 Å². The molecule has 7 heteroatoms. The number of hydrogen-bond donors (Lipinski definition) is 0. The van der Waals surface area contributed by atoms with Crippen molar-refractivity contribution < 1.29 is 33.0 Å². The molecule has 6 rings (SSSR count). The van der Waals surface area contributed by atoms with E-state index in [2.05, 4.69) is 33.8 Å². The Morgan fingerprint density at radius 3 is 2.59 bits per heavy atom. The predicted molar refractivity (Wildman–Crippen MR) is 134 cm³/mol. The molecule has 2 aliphatic heterocycles. The summed E-state index contributed by atoms with van der Waals surface area (Å²) in [5.41, 5.74) is 1.22. The number of ether oxygens (including phenoxy) is 3. The third-order valence-electron chi connectivity index (χ3n) is 11.0. The molecular formula is C30H38O7. The van der Waals surface area contributed by atoms with Gasteiger partial charge in [0.1, 0.15) is 23.8 Å². The molecular weight excluding hydrogens is 472 g/mol. The number of fused-ring (bicyclic) bond motifs is 4. The van der Waals surface area contributed by atoms with Gasteiger partial charge in [0.05, 0.1) is 31.3 Å². The normalized spacial score (nSPS) is 44.1. The first-order valence-corrected chi connectivity index (χ1v) is 13.7. The summed E-state index contributed by atoms with van der Waals surface area (Å²) in [6.45, 7) is 12.5. The highest BCUT2D eigenvalue weighted by Gasteiger charge is 2.78. The number of furan rings is 1. The summed E-state index contributed by atoms with van der Waals surface area (Å²) in [7, 11) is 1.39. The maximum Gasteiger partial charge on any atom is 0.312 e. The molecule has 1 aromatic rings. The highest BCUT2D eigenvalue weighted by molar-refractivity contribution is 5.92. The average Bonchev–Trinajstić information content (AvgIpc) is 3.58. The molecule has 3 aliphatic carbocycles. The minimum atomic E-state index is -0.911. The quantitative estimate of drug-likeness (QED) is 0.411. The van der Waals surface area contributed by atoms with Crippen molar-refractivity contribution in [3.05, 3.63) is 34.8 Å². The number of hydrogen-bond acceptors (Lipinski definition) is 7. The number of carbonyl (C=O) groups is 3. The molecule has 7 nitrogen and oxygen atoms in total. The highest BCUT2D eigenvalue weighted by atomic mass is 16.6. The summed E-state index contributed by atoms with van der Waals surface area (Å²) >= 11 is 0. The van der Waals surface area contributed by atoms with Crippen LogP contribution >= 0.6 is 0 Å². The summed E-state index contributed by atoms with van der Waals surface area (Å²) in [5, 5.41) is 0. The van der Waals surface area contributed by atoms with E-state index in [-0.39, 0.29) is 53.9 Å². The van der Waals surface area contributed by atoms with Gasteiger partial charge in [-0.25, -0.2) is 0 Å². The van der Waals surface area contributed by atoms with Crippen LogP contribution in [-0.4, -0.2) is 43.1 Å². The van der Waals surface area contributed by atoms with E-state index in [4.69, 9.17) is 18.6 Å². The molecule has 0 N–H and O–H groups in total. The first-order valence-electron chi connectivity index (χ1n) is 13.7. The van der Waals surface area contributed by atoms with Crippen LogP contribution in [0.4, 0.5) is 0 Å². The van der Waals surface area contributed by atoms with Crippen LogP contribution in [0.5, 0.6) is 0 Å². The number of methoxy groups -OCH3 is 1. The molecule has 1 aromatic heterocycles. The first-order chi connectivity index (χ1) is 17.4. The van der Waals surface area contributed by atoms with Crippen molar-refractivity contribution in [1.29, 1.82) is 0 Å². The third-order valence-corrected chi connectivity index (χ3v) is 11.0. The summed E-state index contributed by atoms with van der Waals surface area (Å²) < 4.78 is 24.0. The molecule has 4 fully saturated rings. The summed E-state index contributed by atoms with van der Waals surface area (Å²) in [6, 6.07) is 2.06. The maximum atomic E-state index is 13.9. The lowest BCUT2D eigenvalue weighted by Crippen LogP contribution is -2.67. The lowest BCUT2D eigenvalue weighted by molar-refractivity contribution is -0.197. The Morgan fingerprint density at radius 2 is 1.92 bits per heavy atom. The standard InChI is InChI=1S/C30H38O7/c1-14(2)23-16(9-11-35-23)17-12-18-22(15(17)3)30(6)19(13-21(32)34-7)29(5)20(31)8-10-28(4)25(29)24(26(30)36-18)37-27(28)33/h9,11,14,17-19,24-26H,8,10,12-13H2,1-7H3/t17?,18?,19-,24-,25+,26-,28-,29+,30-/m1/s1. The van der Waals surface area contributed by atoms with Gasteiger partial charge in [-0.2, -0.15) is 0 Å². The van der Waals surface area contributed by atoms with Crippen molar-refractivity contribution in [3.8, 4) is 0 Å². The van der Waals surface area contributed by atoms with Crippen LogP contribution in [0, 0.1) is 28.1 Å². The van der Waals surface area contributed by atoms with E-state index in [1.54, 1.807) is 6.26 Å². The molecule has 200 valence electrons. The zero-order valence-electron chi connectivity index (χ0n) is 22.9. The number of rotatable bonds is 4. The van der Waals surface area contributed by atoms with Crippen molar-refractivity contribution in [2.45, 2.75) is 97.4 Å². The van der Waals surface area contributed by atoms with Crippen LogP contribution in [0.1, 0.15) is 90.4 Å². The topological polar surface area (TPSA) is 92.0 Å². The van der Waals surface area contributed by atoms with Crippen LogP contribution in [0.3, 0.4) is 0 Å². The molecule has 0 aromatic carbocycles. The molecule has 9 atom stereocenters. The molecule has 0 amide bonds. The van der Waals surface area contributed by atoms with E-state index in [1.807, 2.05) is 13.8 Å². The molecule has 37 heavy (non-hydrogen) atoms. The Labute approximate surface area is 218 Å². The fraction of sp³-hybridized carbons (Fsp3) is 0.700. The van der Waals surface area contributed by atoms with Gasteiger partial charge in [-0.15, -0.1) is 0 Å². The fourth-order valence-electron chi connectivity index (χ4n) is 9.41. The zero-order chi connectivity index (χ0) is 26.7. The van der Waals surface area contributed by atoms with Crippen molar-refractivity contribution in [2.75, 3.05) is 7.11 Å². The van der Waals surface area contributed by atoms with Gasteiger partial charge < -0.3 is 18.6 Å². The smallest absolute Gasteiger partial charge is 0.312 e. The van der Waals surface area contributed by atoms with E-state index in [9.17, 15) is 14.4 Å². The van der Waals surface area contributed by atoms with Gasteiger partial charge in [0.15, 0.2) is 0 Å². The highest BCUT2D eigenvalue weighted by Crippen LogP contribution is 2.73. The Morgan fingerprint density at radius 1 is 1.19 bits per heavy atom. The molecule has 0 bridgehead atoms. The second-order valence-electron chi connectivity index (χ2n) is 12.9. The van der Waals surface area contributed by atoms with Crippen molar-refractivity contribution >= 4 is 17.7 Å². The maximum absolute atomic E-state index is 13.9. The van der Waals surface area contributed by atoms with Gasteiger partial charge in [-0.1, -0.05) is 33.3 Å². The Kier molecular flexibility index (Phi) is 5.26. The Balaban J connectivity index is 1.54. The Bertz CT molecular complexity index is 1220. The van der Waals surface area contributed by atoms with Crippen molar-refractivity contribution in [1.82, 2.24) is 0 Å². The minimum Gasteiger partial charge on any atom is -0.469 e. The number of allylic oxidation sites excluding steroid dienone is 1. The SMILES string of the molecule is COC(=O)C[C@H]1[C@]2(C)C3=C(C)C(c4ccoc4C(C)C)CC3O[C@@H]2[C@@H]2OC(=O)[C@]3(C)CCC(=O)[C@@]1(C)[C@@H]23. The number of esters is 2. The lowest BCUT2D eigenvalue weighted by atomic mass is 9.40. The van der Waals surface area contributed by atoms with Crippen LogP contribution in [0.2, 0.25) is 0 Å². The summed E-state index contributed by atoms with van der Waals surface area (Å²) in [4.78, 5) is 40.1. The van der Waals surface area contributed by atoms with Gasteiger partial charge in [-0.05, 0) is 44.2 Å². The van der Waals surface area contributed by atoms with E-state index in [0.717, 1.165) is 17.8 Å². The summed E-state index contributed by atoms with van der Waals surface area (Å²) in [5.74, 6) is 0.188. The molecule has 0 radical (unpaired) electrons. The molecule has 2 saturated heterocycles. The second-order valence-corrected chi connectivity index (χ2v) is 12.9. The van der Waals surface area contributed by atoms with E-state index in [1.165, 1.54) is 18.2 Å². The van der Waals surface area contributed by atoms with Gasteiger partial charge >= 0.3 is 11.9 Å². The first kappa shape index (κ1) is 24.9. The number of Topliss-reactive ketones (excluding diaryl/α,β-unsaturated/α-hetero) is 1. The van der Waals surface area contributed by atoms with Gasteiger partial charge in [0.25, 0.3) is 0 Å². The predicted octanol–water partition coefficient (Wildman–Crippen LogP) is 5.09. The van der Waals surface area contributed by atoms with Gasteiger partial charge in [0, 0.05) is 40.6 Å². The zero-order valence-corrected chi connectivity index (χ0v) is 22.9. The van der Waals surface area contributed by atoms with Gasteiger partial charge in [0.2, 0.25) is 0 Å². The number of carbonyl (C=O) groups excluding carboxylic acids is 3. The van der Waals surface area contributed by atoms with Crippen molar-refractivity contribution in [2.24, 2.45) is 28.1 Å². The van der Waals surface area contributed by atoms with Crippen molar-refractivity contribution in [3.63, 3.8) is 0 Å². The molecule has 0 spiro atoms. The second kappa shape index (κ2) is 7.81. The third kappa shape index (κ3) is 2.90. The molecule has 2 unspecified atom stereocenters. The largest absolute Gasteiger partial charge is 0.469 e.